The van der Waals surface area contributed by atoms with Gasteiger partial charge in [-0.25, -0.2) is 14.8 Å². The van der Waals surface area contributed by atoms with E-state index in [1.165, 1.54) is 22.3 Å². The Bertz CT molecular complexity index is 2390. The molecule has 51 heavy (non-hydrogen) atoms. The van der Waals surface area contributed by atoms with E-state index >= 15 is 0 Å². The van der Waals surface area contributed by atoms with Gasteiger partial charge in [-0.15, -0.1) is 0 Å². The van der Waals surface area contributed by atoms with Gasteiger partial charge < -0.3 is 24.5 Å². The smallest absolute Gasteiger partial charge is 0.405 e. The third kappa shape index (κ3) is 5.85. The Balaban J connectivity index is 1.29. The minimum absolute atomic E-state index is 0.00971. The molecule has 1 unspecified atom stereocenters. The van der Waals surface area contributed by atoms with Gasteiger partial charge in [-0.05, 0) is 59.0 Å². The predicted octanol–water partition coefficient (Wildman–Crippen LogP) is 8.67. The minimum Gasteiger partial charge on any atom is -0.497 e. The van der Waals surface area contributed by atoms with Crippen molar-refractivity contribution in [1.29, 1.82) is 0 Å². The largest absolute Gasteiger partial charge is 0.497 e. The lowest BCUT2D eigenvalue weighted by Gasteiger charge is -2.22. The fourth-order valence-electron chi connectivity index (χ4n) is 7.65. The lowest BCUT2D eigenvalue weighted by atomic mass is 9.90. The number of fused-ring (bicyclic) bond motifs is 7. The Morgan fingerprint density at radius 3 is 2.33 bits per heavy atom. The zero-order valence-electron chi connectivity index (χ0n) is 29.6. The number of aryl methyl sites for hydroxylation is 1. The van der Waals surface area contributed by atoms with Crippen LogP contribution in [-0.4, -0.2) is 56.5 Å². The molecule has 260 valence electrons. The first kappa shape index (κ1) is 32.8. The van der Waals surface area contributed by atoms with Gasteiger partial charge in [0.2, 0.25) is 0 Å². The number of imidazole rings is 1. The molecule has 3 aromatic carbocycles. The van der Waals surface area contributed by atoms with E-state index in [1.807, 2.05) is 19.3 Å². The molecule has 1 amide bonds. The molecular weight excluding hydrogens is 657 g/mol. The Labute approximate surface area is 297 Å². The topological polar surface area (TPSA) is 108 Å². The molecule has 0 aliphatic heterocycles. The number of aromatic nitrogens is 5. The average Bonchev–Trinajstić information content (AvgIpc) is 3.87. The van der Waals surface area contributed by atoms with Crippen LogP contribution in [0.1, 0.15) is 35.3 Å². The van der Waals surface area contributed by atoms with Crippen LogP contribution in [0.15, 0.2) is 91.4 Å². The van der Waals surface area contributed by atoms with Crippen LogP contribution in [0.4, 0.5) is 4.79 Å². The van der Waals surface area contributed by atoms with Crippen molar-refractivity contribution in [1.82, 2.24) is 28.8 Å². The molecule has 0 spiro atoms. The van der Waals surface area contributed by atoms with E-state index in [0.717, 1.165) is 50.6 Å². The molecule has 0 fully saturated rings. The van der Waals surface area contributed by atoms with Crippen molar-refractivity contribution in [2.75, 3.05) is 13.7 Å². The van der Waals surface area contributed by atoms with E-state index in [-0.39, 0.29) is 5.92 Å². The molecule has 0 radical (unpaired) electrons. The summed E-state index contributed by atoms with van der Waals surface area (Å²) >= 11 is 0. The maximum Gasteiger partial charge on any atom is 0.405 e. The lowest BCUT2D eigenvalue weighted by Crippen LogP contribution is -2.29. The molecule has 1 atom stereocenters. The van der Waals surface area contributed by atoms with Crippen LogP contribution in [0, 0.1) is 0 Å². The number of hydrogen-bond acceptors (Lipinski definition) is 5. The Morgan fingerprint density at radius 2 is 1.65 bits per heavy atom. The second-order valence-corrected chi connectivity index (χ2v) is 20.3. The van der Waals surface area contributed by atoms with Crippen LogP contribution < -0.4 is 10.1 Å². The standard InChI is InChI=1S/C40H42N6O4Si/c1-44-23-33(32-18-26(49-2)14-15-35(32)44)36-20-37-39(45(36)24-50-16-17-51(3,4)5)42-22-25-21-41-38(46(25)37)34(43-40(47)48)19-31-29-12-8-6-10-27(29)28-11-7-9-13-30(28)31/h6-15,18,20-23,31,34,43H,16-17,19,24H2,1-5H3,(H,47,48). The van der Waals surface area contributed by atoms with Crippen LogP contribution in [0.25, 0.3) is 50.0 Å². The van der Waals surface area contributed by atoms with E-state index < -0.39 is 20.2 Å². The highest BCUT2D eigenvalue weighted by molar-refractivity contribution is 6.76. The SMILES string of the molecule is COc1ccc2c(c1)c(-c1cc3c(ncc4cnc(C(CC5c6ccccc6-c6ccccc65)NC(=O)O)n43)n1COCC[Si](C)(C)C)cn2C. The number of nitrogens with zero attached hydrogens (tertiary/aromatic N) is 5. The van der Waals surface area contributed by atoms with Gasteiger partial charge in [0.15, 0.2) is 5.65 Å². The Hall–Kier alpha value is -5.39. The summed E-state index contributed by atoms with van der Waals surface area (Å²) in [5, 5.41) is 14.1. The van der Waals surface area contributed by atoms with Crippen molar-refractivity contribution in [2.45, 2.75) is 50.8 Å². The number of amides is 1. The molecule has 4 aromatic heterocycles. The predicted molar refractivity (Wildman–Crippen MR) is 203 cm³/mol. The van der Waals surface area contributed by atoms with E-state index in [0.29, 0.717) is 25.6 Å². The first-order valence-electron chi connectivity index (χ1n) is 17.4. The molecule has 1 aliphatic carbocycles. The zero-order valence-corrected chi connectivity index (χ0v) is 30.6. The van der Waals surface area contributed by atoms with Gasteiger partial charge in [0.1, 0.15) is 18.3 Å². The van der Waals surface area contributed by atoms with Crippen molar-refractivity contribution >= 4 is 41.8 Å². The summed E-state index contributed by atoms with van der Waals surface area (Å²) in [4.78, 5) is 22.3. The Morgan fingerprint density at radius 1 is 0.941 bits per heavy atom. The van der Waals surface area contributed by atoms with E-state index in [1.54, 1.807) is 13.3 Å². The molecule has 0 bridgehead atoms. The van der Waals surface area contributed by atoms with E-state index in [2.05, 4.69) is 111 Å². The summed E-state index contributed by atoms with van der Waals surface area (Å²) in [5.74, 6) is 1.38. The number of rotatable bonds is 11. The van der Waals surface area contributed by atoms with Crippen molar-refractivity contribution in [3.8, 4) is 28.1 Å². The quantitative estimate of drug-likeness (QED) is 0.103. The third-order valence-corrected chi connectivity index (χ3v) is 11.9. The summed E-state index contributed by atoms with van der Waals surface area (Å²) < 4.78 is 18.3. The molecule has 8 rings (SSSR count). The minimum atomic E-state index is -1.31. The van der Waals surface area contributed by atoms with Crippen molar-refractivity contribution < 1.29 is 19.4 Å². The van der Waals surface area contributed by atoms with Crippen molar-refractivity contribution in [2.24, 2.45) is 7.05 Å². The molecule has 10 nitrogen and oxygen atoms in total. The summed E-state index contributed by atoms with van der Waals surface area (Å²) in [6, 6.07) is 25.5. The summed E-state index contributed by atoms with van der Waals surface area (Å²) in [6.45, 7) is 8.02. The zero-order chi connectivity index (χ0) is 35.4. The second kappa shape index (κ2) is 12.7. The number of nitrogens with one attached hydrogen (secondary N) is 1. The highest BCUT2D eigenvalue weighted by Gasteiger charge is 2.33. The van der Waals surface area contributed by atoms with Crippen molar-refractivity contribution in [3.63, 3.8) is 0 Å². The summed E-state index contributed by atoms with van der Waals surface area (Å²) in [7, 11) is 2.41. The van der Waals surface area contributed by atoms with E-state index in [9.17, 15) is 9.90 Å². The van der Waals surface area contributed by atoms with Gasteiger partial charge >= 0.3 is 6.09 Å². The second-order valence-electron chi connectivity index (χ2n) is 14.7. The Kier molecular flexibility index (Phi) is 8.19. The number of methoxy groups -OCH3 is 1. The third-order valence-electron chi connectivity index (χ3n) is 10.2. The number of carbonyl (C=O) groups is 1. The van der Waals surface area contributed by atoms with Crippen LogP contribution in [0.5, 0.6) is 5.75 Å². The molecule has 4 heterocycles. The molecule has 0 saturated heterocycles. The normalized spacial score (nSPS) is 13.6. The average molecular weight is 699 g/mol. The first-order valence-corrected chi connectivity index (χ1v) is 21.1. The molecule has 7 aromatic rings. The highest BCUT2D eigenvalue weighted by atomic mass is 28.3. The van der Waals surface area contributed by atoms with Gasteiger partial charge in [-0.1, -0.05) is 68.2 Å². The van der Waals surface area contributed by atoms with Crippen LogP contribution in [0.2, 0.25) is 25.7 Å². The molecular formula is C40H42N6O4Si. The molecule has 0 saturated carbocycles. The maximum atomic E-state index is 12.4. The number of benzene rings is 3. The van der Waals surface area contributed by atoms with Gasteiger partial charge in [-0.3, -0.25) is 8.97 Å². The van der Waals surface area contributed by atoms with Gasteiger partial charge in [0, 0.05) is 50.3 Å². The van der Waals surface area contributed by atoms with Gasteiger partial charge in [0.05, 0.1) is 42.3 Å². The highest BCUT2D eigenvalue weighted by Crippen LogP contribution is 2.48. The fourth-order valence-corrected chi connectivity index (χ4v) is 8.41. The number of ether oxygens (including phenoxy) is 2. The number of hydrogen-bond donors (Lipinski definition) is 2. The molecule has 11 heteroatoms. The summed E-state index contributed by atoms with van der Waals surface area (Å²) in [6.07, 6.45) is 5.12. The van der Waals surface area contributed by atoms with Gasteiger partial charge in [0.25, 0.3) is 0 Å². The fraction of sp³-hybridized carbons (Fsp3) is 0.275. The lowest BCUT2D eigenvalue weighted by molar-refractivity contribution is 0.0909. The maximum absolute atomic E-state index is 12.4. The van der Waals surface area contributed by atoms with Gasteiger partial charge in [-0.2, -0.15) is 0 Å². The van der Waals surface area contributed by atoms with Crippen LogP contribution in [-0.2, 0) is 18.5 Å². The van der Waals surface area contributed by atoms with Crippen LogP contribution >= 0.6 is 0 Å². The van der Waals surface area contributed by atoms with Crippen molar-refractivity contribution in [3.05, 3.63) is 108 Å². The van der Waals surface area contributed by atoms with E-state index in [4.69, 9.17) is 19.4 Å². The molecule has 1 aliphatic rings. The summed E-state index contributed by atoms with van der Waals surface area (Å²) in [5.41, 5.74) is 10.1. The monoisotopic (exact) mass is 698 g/mol. The number of carboxylic acid groups (broad SMARTS) is 1. The molecule has 2 N–H and O–H groups in total. The van der Waals surface area contributed by atoms with Crippen LogP contribution in [0.3, 0.4) is 0 Å². The first-order chi connectivity index (χ1) is 24.6.